The van der Waals surface area contributed by atoms with Crippen LogP contribution in [0.25, 0.3) is 0 Å². The molecule has 0 radical (unpaired) electrons. The summed E-state index contributed by atoms with van der Waals surface area (Å²) in [5, 5.41) is 9.26. The van der Waals surface area contributed by atoms with Gasteiger partial charge >= 0.3 is 0 Å². The second-order valence-corrected chi connectivity index (χ2v) is 5.83. The topological polar surface area (TPSA) is 60.2 Å². The second kappa shape index (κ2) is 7.51. The first-order chi connectivity index (χ1) is 12.2. The lowest BCUT2D eigenvalue weighted by Gasteiger charge is -2.34. The first-order valence-electron chi connectivity index (χ1n) is 8.16. The summed E-state index contributed by atoms with van der Waals surface area (Å²) in [6.45, 7) is 4.34. The highest BCUT2D eigenvalue weighted by molar-refractivity contribution is 5.94. The minimum Gasteiger partial charge on any atom is -0.352 e. The van der Waals surface area contributed by atoms with Crippen LogP contribution in [-0.2, 0) is 4.79 Å². The van der Waals surface area contributed by atoms with E-state index < -0.39 is 0 Å². The normalized spacial score (nSPS) is 13.6. The molecule has 2 aromatic rings. The maximum Gasteiger partial charge on any atom is 0.298 e. The minimum atomic E-state index is -0.166. The highest BCUT2D eigenvalue weighted by Gasteiger charge is 2.22. The fraction of sp³-hybridized carbons (Fsp3) is 0.250. The molecule has 0 saturated carbocycles. The summed E-state index contributed by atoms with van der Waals surface area (Å²) in [4.78, 5) is 20.5. The van der Waals surface area contributed by atoms with Crippen molar-refractivity contribution in [3.05, 3.63) is 59.3 Å². The average molecular weight is 330 g/mol. The fourth-order valence-electron chi connectivity index (χ4n) is 2.72. The Morgan fingerprint density at radius 2 is 1.80 bits per heavy atom. The van der Waals surface area contributed by atoms with Gasteiger partial charge in [-0.2, -0.15) is 5.26 Å². The van der Waals surface area contributed by atoms with Crippen molar-refractivity contribution in [3.63, 3.8) is 0 Å². The van der Waals surface area contributed by atoms with E-state index in [1.807, 2.05) is 43.3 Å². The van der Waals surface area contributed by atoms with Crippen LogP contribution < -0.4 is 4.90 Å². The SMILES string of the molecule is Cc1ccc(C#N)c(N2CCN(C(=O)C#Cc3ccccc3)CC2)n1. The molecular weight excluding hydrogens is 312 g/mol. The van der Waals surface area contributed by atoms with Gasteiger partial charge in [0.2, 0.25) is 0 Å². The standard InChI is InChI=1S/C20H18N4O/c1-16-7-9-18(15-21)20(22-16)24-13-11-23(12-14-24)19(25)10-8-17-5-3-2-4-6-17/h2-7,9H,11-14H2,1H3. The Hall–Kier alpha value is -3.31. The monoisotopic (exact) mass is 330 g/mol. The van der Waals surface area contributed by atoms with Crippen molar-refractivity contribution in [1.29, 1.82) is 5.26 Å². The van der Waals surface area contributed by atoms with Crippen LogP contribution in [0.3, 0.4) is 0 Å². The van der Waals surface area contributed by atoms with Gasteiger partial charge in [-0.1, -0.05) is 24.1 Å². The number of benzene rings is 1. The molecule has 1 aromatic heterocycles. The lowest BCUT2D eigenvalue weighted by atomic mass is 10.2. The Balaban J connectivity index is 1.65. The number of nitriles is 1. The summed E-state index contributed by atoms with van der Waals surface area (Å²) in [5.74, 6) is 6.14. The van der Waals surface area contributed by atoms with E-state index in [4.69, 9.17) is 0 Å². The number of carbonyl (C=O) groups is 1. The Kier molecular flexibility index (Phi) is 4.97. The van der Waals surface area contributed by atoms with E-state index in [0.29, 0.717) is 37.6 Å². The van der Waals surface area contributed by atoms with E-state index in [1.165, 1.54) is 0 Å². The first-order valence-corrected chi connectivity index (χ1v) is 8.16. The number of hydrogen-bond acceptors (Lipinski definition) is 4. The summed E-state index contributed by atoms with van der Waals surface area (Å²) in [6, 6.07) is 15.3. The number of anilines is 1. The summed E-state index contributed by atoms with van der Waals surface area (Å²) in [6.07, 6.45) is 0. The number of aromatic nitrogens is 1. The van der Waals surface area contributed by atoms with Crippen molar-refractivity contribution in [1.82, 2.24) is 9.88 Å². The van der Waals surface area contributed by atoms with E-state index in [-0.39, 0.29) is 5.91 Å². The molecule has 1 aromatic carbocycles. The average Bonchev–Trinajstić information content (AvgIpc) is 2.67. The molecule has 0 N–H and O–H groups in total. The number of pyridine rings is 1. The molecule has 1 aliphatic heterocycles. The van der Waals surface area contributed by atoms with Gasteiger partial charge in [-0.05, 0) is 31.2 Å². The third kappa shape index (κ3) is 3.97. The smallest absolute Gasteiger partial charge is 0.298 e. The van der Waals surface area contributed by atoms with Crippen molar-refractivity contribution in [2.75, 3.05) is 31.1 Å². The molecule has 1 amide bonds. The molecule has 5 nitrogen and oxygen atoms in total. The van der Waals surface area contributed by atoms with Crippen LogP contribution >= 0.6 is 0 Å². The zero-order chi connectivity index (χ0) is 17.6. The summed E-state index contributed by atoms with van der Waals surface area (Å²) in [5.41, 5.74) is 2.27. The molecule has 1 aliphatic rings. The van der Waals surface area contributed by atoms with Crippen molar-refractivity contribution in [2.45, 2.75) is 6.92 Å². The summed E-state index contributed by atoms with van der Waals surface area (Å²) >= 11 is 0. The largest absolute Gasteiger partial charge is 0.352 e. The van der Waals surface area contributed by atoms with Gasteiger partial charge in [0.05, 0.1) is 5.56 Å². The van der Waals surface area contributed by atoms with Gasteiger partial charge in [0, 0.05) is 43.4 Å². The van der Waals surface area contributed by atoms with E-state index in [0.717, 1.165) is 11.3 Å². The zero-order valence-electron chi connectivity index (χ0n) is 14.1. The second-order valence-electron chi connectivity index (χ2n) is 5.83. The first kappa shape index (κ1) is 16.5. The van der Waals surface area contributed by atoms with Crippen molar-refractivity contribution in [3.8, 4) is 17.9 Å². The molecule has 3 rings (SSSR count). The van der Waals surface area contributed by atoms with Gasteiger partial charge < -0.3 is 9.80 Å². The van der Waals surface area contributed by atoms with Gasteiger partial charge in [0.1, 0.15) is 11.9 Å². The van der Waals surface area contributed by atoms with Crippen molar-refractivity contribution >= 4 is 11.7 Å². The number of aryl methyl sites for hydroxylation is 1. The van der Waals surface area contributed by atoms with E-state index in [1.54, 1.807) is 11.0 Å². The molecule has 0 unspecified atom stereocenters. The summed E-state index contributed by atoms with van der Waals surface area (Å²) in [7, 11) is 0. The molecule has 0 aliphatic carbocycles. The van der Waals surface area contributed by atoms with Gasteiger partial charge in [-0.25, -0.2) is 4.98 Å². The molecular formula is C20H18N4O. The van der Waals surface area contributed by atoms with Gasteiger partial charge in [0.15, 0.2) is 0 Å². The van der Waals surface area contributed by atoms with E-state index >= 15 is 0 Å². The Morgan fingerprint density at radius 3 is 2.48 bits per heavy atom. The predicted octanol–water partition coefficient (Wildman–Crippen LogP) is 1.96. The molecule has 1 saturated heterocycles. The molecule has 5 heteroatoms. The third-order valence-electron chi connectivity index (χ3n) is 4.09. The Bertz CT molecular complexity index is 866. The Labute approximate surface area is 147 Å². The van der Waals surface area contributed by atoms with E-state index in [9.17, 15) is 10.1 Å². The van der Waals surface area contributed by atoms with Crippen LogP contribution in [0, 0.1) is 30.1 Å². The van der Waals surface area contributed by atoms with Crippen LogP contribution in [0.4, 0.5) is 5.82 Å². The van der Waals surface area contributed by atoms with Gasteiger partial charge in [0.25, 0.3) is 5.91 Å². The molecule has 2 heterocycles. The van der Waals surface area contributed by atoms with Crippen LogP contribution in [0.1, 0.15) is 16.8 Å². The number of rotatable bonds is 1. The maximum atomic E-state index is 12.3. The molecule has 1 fully saturated rings. The quantitative estimate of drug-likeness (QED) is 0.750. The third-order valence-corrected chi connectivity index (χ3v) is 4.09. The number of piperazine rings is 1. The lowest BCUT2D eigenvalue weighted by molar-refractivity contribution is -0.125. The number of amides is 1. The lowest BCUT2D eigenvalue weighted by Crippen LogP contribution is -2.49. The predicted molar refractivity (Wildman–Crippen MR) is 95.8 cm³/mol. The molecule has 0 bridgehead atoms. The van der Waals surface area contributed by atoms with Crippen LogP contribution in [0.15, 0.2) is 42.5 Å². The highest BCUT2D eigenvalue weighted by atomic mass is 16.2. The zero-order valence-corrected chi connectivity index (χ0v) is 14.1. The maximum absolute atomic E-state index is 12.3. The van der Waals surface area contributed by atoms with Crippen molar-refractivity contribution < 1.29 is 4.79 Å². The van der Waals surface area contributed by atoms with Crippen molar-refractivity contribution in [2.24, 2.45) is 0 Å². The van der Waals surface area contributed by atoms with Crippen LogP contribution in [-0.4, -0.2) is 42.0 Å². The minimum absolute atomic E-state index is 0.166. The fourth-order valence-corrected chi connectivity index (χ4v) is 2.72. The van der Waals surface area contributed by atoms with Gasteiger partial charge in [-0.15, -0.1) is 0 Å². The van der Waals surface area contributed by atoms with Gasteiger partial charge in [-0.3, -0.25) is 4.79 Å². The molecule has 0 atom stereocenters. The number of hydrogen-bond donors (Lipinski definition) is 0. The highest BCUT2D eigenvalue weighted by Crippen LogP contribution is 2.19. The molecule has 25 heavy (non-hydrogen) atoms. The number of carbonyl (C=O) groups excluding carboxylic acids is 1. The summed E-state index contributed by atoms with van der Waals surface area (Å²) < 4.78 is 0. The molecule has 0 spiro atoms. The van der Waals surface area contributed by atoms with Crippen LogP contribution in [0.5, 0.6) is 0 Å². The Morgan fingerprint density at radius 1 is 1.08 bits per heavy atom. The molecule has 124 valence electrons. The number of nitrogens with zero attached hydrogens (tertiary/aromatic N) is 4. The van der Waals surface area contributed by atoms with E-state index in [2.05, 4.69) is 27.8 Å². The van der Waals surface area contributed by atoms with Crippen LogP contribution in [0.2, 0.25) is 0 Å².